The maximum atomic E-state index is 12.0. The summed E-state index contributed by atoms with van der Waals surface area (Å²) in [6, 6.07) is 6.12. The fourth-order valence-electron chi connectivity index (χ4n) is 1.68. The van der Waals surface area contributed by atoms with Gasteiger partial charge >= 0.3 is 0 Å². The quantitative estimate of drug-likeness (QED) is 0.632. The van der Waals surface area contributed by atoms with Gasteiger partial charge in [-0.15, -0.1) is 0 Å². The van der Waals surface area contributed by atoms with Crippen molar-refractivity contribution >= 4 is 10.0 Å². The molecule has 0 aliphatic heterocycles. The van der Waals surface area contributed by atoms with Gasteiger partial charge in [-0.3, -0.25) is 0 Å². The summed E-state index contributed by atoms with van der Waals surface area (Å²) >= 11 is 0. The summed E-state index contributed by atoms with van der Waals surface area (Å²) in [5.74, 6) is 0.581. The number of ether oxygens (including phenoxy) is 2. The van der Waals surface area contributed by atoms with E-state index in [1.54, 1.807) is 19.2 Å². The highest BCUT2D eigenvalue weighted by Crippen LogP contribution is 2.15. The van der Waals surface area contributed by atoms with Crippen LogP contribution in [0.5, 0.6) is 5.75 Å². The molecule has 0 aliphatic carbocycles. The zero-order valence-electron chi connectivity index (χ0n) is 12.4. The molecule has 1 atom stereocenters. The molecular formula is C14H23NO5S. The Balaban J connectivity index is 2.58. The van der Waals surface area contributed by atoms with Gasteiger partial charge in [0.1, 0.15) is 12.4 Å². The highest BCUT2D eigenvalue weighted by atomic mass is 32.2. The summed E-state index contributed by atoms with van der Waals surface area (Å²) in [5.41, 5.74) is 0. The number of rotatable bonds is 10. The van der Waals surface area contributed by atoms with E-state index in [4.69, 9.17) is 9.47 Å². The molecule has 0 amide bonds. The third-order valence-electron chi connectivity index (χ3n) is 2.82. The van der Waals surface area contributed by atoms with Crippen LogP contribution in [0.2, 0.25) is 0 Å². The van der Waals surface area contributed by atoms with Crippen molar-refractivity contribution in [1.82, 2.24) is 4.72 Å². The number of aliphatic hydroxyl groups is 1. The van der Waals surface area contributed by atoms with Crippen LogP contribution in [0.1, 0.15) is 19.8 Å². The Morgan fingerprint density at radius 1 is 1.24 bits per heavy atom. The fourth-order valence-corrected chi connectivity index (χ4v) is 2.76. The van der Waals surface area contributed by atoms with Gasteiger partial charge in [0.25, 0.3) is 0 Å². The minimum atomic E-state index is -3.61. The van der Waals surface area contributed by atoms with Gasteiger partial charge in [-0.1, -0.05) is 13.3 Å². The van der Waals surface area contributed by atoms with Crippen molar-refractivity contribution in [1.29, 1.82) is 0 Å². The molecule has 7 heteroatoms. The van der Waals surface area contributed by atoms with Gasteiger partial charge in [0.05, 0.1) is 17.6 Å². The normalized spacial score (nSPS) is 13.1. The summed E-state index contributed by atoms with van der Waals surface area (Å²) in [6.45, 7) is 2.82. The number of nitrogens with one attached hydrogen (secondary N) is 1. The summed E-state index contributed by atoms with van der Waals surface area (Å²) in [4.78, 5) is 0.144. The minimum Gasteiger partial charge on any atom is -0.491 e. The number of hydrogen-bond donors (Lipinski definition) is 2. The van der Waals surface area contributed by atoms with Crippen LogP contribution in [-0.4, -0.2) is 46.5 Å². The second kappa shape index (κ2) is 8.99. The van der Waals surface area contributed by atoms with E-state index in [0.29, 0.717) is 25.4 Å². The molecule has 2 N–H and O–H groups in total. The number of benzene rings is 1. The van der Waals surface area contributed by atoms with Crippen molar-refractivity contribution in [2.45, 2.75) is 30.8 Å². The molecule has 0 spiro atoms. The molecular weight excluding hydrogens is 294 g/mol. The Morgan fingerprint density at radius 2 is 1.90 bits per heavy atom. The van der Waals surface area contributed by atoms with E-state index >= 15 is 0 Å². The first kappa shape index (κ1) is 17.9. The monoisotopic (exact) mass is 317 g/mol. The predicted octanol–water partition coefficient (Wildman–Crippen LogP) is 1.15. The first-order valence-electron chi connectivity index (χ1n) is 6.89. The summed E-state index contributed by atoms with van der Waals surface area (Å²) in [6.07, 6.45) is 0.701. The van der Waals surface area contributed by atoms with Crippen LogP contribution < -0.4 is 9.46 Å². The lowest BCUT2D eigenvalue weighted by Gasteiger charge is -2.12. The van der Waals surface area contributed by atoms with E-state index in [-0.39, 0.29) is 11.4 Å². The molecule has 6 nitrogen and oxygen atoms in total. The van der Waals surface area contributed by atoms with Crippen molar-refractivity contribution in [3.63, 3.8) is 0 Å². The largest absolute Gasteiger partial charge is 0.491 e. The number of aliphatic hydroxyl groups excluding tert-OH is 1. The molecule has 1 aromatic rings. The third-order valence-corrected chi connectivity index (χ3v) is 4.26. The Morgan fingerprint density at radius 3 is 2.48 bits per heavy atom. The van der Waals surface area contributed by atoms with Gasteiger partial charge in [-0.25, -0.2) is 13.1 Å². The molecule has 1 unspecified atom stereocenters. The van der Waals surface area contributed by atoms with Crippen LogP contribution in [0.25, 0.3) is 0 Å². The highest BCUT2D eigenvalue weighted by Gasteiger charge is 2.15. The van der Waals surface area contributed by atoms with Crippen LogP contribution in [0.15, 0.2) is 29.2 Å². The zero-order chi connectivity index (χ0) is 15.7. The fraction of sp³-hybridized carbons (Fsp3) is 0.571. The minimum absolute atomic E-state index is 0.0161. The van der Waals surface area contributed by atoms with E-state index in [1.807, 2.05) is 6.92 Å². The molecule has 0 aliphatic rings. The van der Waals surface area contributed by atoms with E-state index in [0.717, 1.165) is 6.42 Å². The molecule has 1 rings (SSSR count). The molecule has 0 aromatic heterocycles. The van der Waals surface area contributed by atoms with Gasteiger partial charge in [0.2, 0.25) is 10.0 Å². The number of methoxy groups -OCH3 is 1. The molecule has 0 heterocycles. The first-order valence-corrected chi connectivity index (χ1v) is 8.37. The lowest BCUT2D eigenvalue weighted by molar-refractivity contribution is 0.146. The second-order valence-electron chi connectivity index (χ2n) is 4.61. The number of sulfonamides is 1. The Labute approximate surface area is 126 Å². The van der Waals surface area contributed by atoms with Gasteiger partial charge in [0.15, 0.2) is 0 Å². The summed E-state index contributed by atoms with van der Waals surface area (Å²) < 4.78 is 36.7. The van der Waals surface area contributed by atoms with Crippen molar-refractivity contribution < 1.29 is 23.0 Å². The van der Waals surface area contributed by atoms with Gasteiger partial charge in [0, 0.05) is 13.7 Å². The zero-order valence-corrected chi connectivity index (χ0v) is 13.2. The van der Waals surface area contributed by atoms with Crippen molar-refractivity contribution in [3.05, 3.63) is 24.3 Å². The Hall–Kier alpha value is -1.15. The molecule has 21 heavy (non-hydrogen) atoms. The van der Waals surface area contributed by atoms with Crippen LogP contribution in [0, 0.1) is 0 Å². The topological polar surface area (TPSA) is 84.9 Å². The number of hydrogen-bond acceptors (Lipinski definition) is 5. The van der Waals surface area contributed by atoms with Crippen molar-refractivity contribution in [2.75, 3.05) is 26.9 Å². The molecule has 120 valence electrons. The lowest BCUT2D eigenvalue weighted by atomic mass is 10.2. The molecule has 0 radical (unpaired) electrons. The highest BCUT2D eigenvalue weighted by molar-refractivity contribution is 7.89. The standard InChI is InChI=1S/C14H23NO5S/c1-3-4-12(16)11-15-21(17,18)14-7-5-13(6-8-14)20-10-9-19-2/h5-8,12,15-16H,3-4,9-11H2,1-2H3. The van der Waals surface area contributed by atoms with Crippen molar-refractivity contribution in [2.24, 2.45) is 0 Å². The van der Waals surface area contributed by atoms with Gasteiger partial charge in [-0.2, -0.15) is 0 Å². The average molecular weight is 317 g/mol. The SMILES string of the molecule is CCCC(O)CNS(=O)(=O)c1ccc(OCCOC)cc1. The molecule has 0 saturated heterocycles. The van der Waals surface area contributed by atoms with E-state index in [1.165, 1.54) is 12.1 Å². The van der Waals surface area contributed by atoms with Gasteiger partial charge < -0.3 is 14.6 Å². The van der Waals surface area contributed by atoms with E-state index < -0.39 is 16.1 Å². The second-order valence-corrected chi connectivity index (χ2v) is 6.37. The Kier molecular flexibility index (Phi) is 7.66. The molecule has 0 saturated carbocycles. The van der Waals surface area contributed by atoms with Crippen molar-refractivity contribution in [3.8, 4) is 5.75 Å². The first-order chi connectivity index (χ1) is 9.99. The van der Waals surface area contributed by atoms with E-state index in [2.05, 4.69) is 4.72 Å². The lowest BCUT2D eigenvalue weighted by Crippen LogP contribution is -2.32. The van der Waals surface area contributed by atoms with Crippen LogP contribution in [0.4, 0.5) is 0 Å². The summed E-state index contributed by atoms with van der Waals surface area (Å²) in [5, 5.41) is 9.57. The third kappa shape index (κ3) is 6.43. The van der Waals surface area contributed by atoms with Gasteiger partial charge in [-0.05, 0) is 30.7 Å². The smallest absolute Gasteiger partial charge is 0.240 e. The van der Waals surface area contributed by atoms with Crippen LogP contribution >= 0.6 is 0 Å². The maximum Gasteiger partial charge on any atom is 0.240 e. The van der Waals surface area contributed by atoms with Crippen LogP contribution in [0.3, 0.4) is 0 Å². The molecule has 0 bridgehead atoms. The molecule has 1 aromatic carbocycles. The Bertz CT molecular complexity index is 501. The molecule has 0 fully saturated rings. The predicted molar refractivity (Wildman–Crippen MR) is 79.9 cm³/mol. The van der Waals surface area contributed by atoms with E-state index in [9.17, 15) is 13.5 Å². The van der Waals surface area contributed by atoms with Crippen LogP contribution in [-0.2, 0) is 14.8 Å². The maximum absolute atomic E-state index is 12.0. The summed E-state index contributed by atoms with van der Waals surface area (Å²) in [7, 11) is -2.02. The average Bonchev–Trinajstić information content (AvgIpc) is 2.46.